The highest BCUT2D eigenvalue weighted by Crippen LogP contribution is 2.34. The molecule has 20 heavy (non-hydrogen) atoms. The molecule has 1 N–H and O–H groups in total. The number of halogens is 2. The van der Waals surface area contributed by atoms with Gasteiger partial charge in [0.2, 0.25) is 0 Å². The van der Waals surface area contributed by atoms with Crippen LogP contribution in [0.1, 0.15) is 16.8 Å². The molecule has 0 saturated heterocycles. The first-order valence-corrected chi connectivity index (χ1v) is 6.92. The molecule has 0 fully saturated rings. The van der Waals surface area contributed by atoms with E-state index in [1.54, 1.807) is 13.0 Å². The molecule has 104 valence electrons. The third kappa shape index (κ3) is 3.05. The molecule has 0 saturated carbocycles. The van der Waals surface area contributed by atoms with Crippen molar-refractivity contribution in [3.05, 3.63) is 45.0 Å². The fourth-order valence-corrected chi connectivity index (χ4v) is 2.88. The van der Waals surface area contributed by atoms with E-state index in [0.29, 0.717) is 16.8 Å². The number of aliphatic carboxylic acids is 1. The lowest BCUT2D eigenvalue weighted by Gasteiger charge is -2.03. The SMILES string of the molecule is C/C(=C\C(=O)O)c1sc(C)nc1-c1ccc(F)c(Cl)c1. The third-order valence-corrected chi connectivity index (χ3v) is 4.02. The second kappa shape index (κ2) is 5.73. The lowest BCUT2D eigenvalue weighted by molar-refractivity contribution is -0.131. The number of carboxylic acids is 1. The van der Waals surface area contributed by atoms with Crippen LogP contribution in [-0.4, -0.2) is 16.1 Å². The molecule has 0 aliphatic carbocycles. The Morgan fingerprint density at radius 2 is 2.20 bits per heavy atom. The molecule has 0 bridgehead atoms. The standard InChI is InChI=1S/C14H11ClFNO2S/c1-7(5-12(18)19)14-13(17-8(2)20-14)9-3-4-11(16)10(15)6-9/h3-6H,1-2H3,(H,18,19)/b7-5+. The quantitative estimate of drug-likeness (QED) is 0.855. The minimum absolute atomic E-state index is 0.0129. The van der Waals surface area contributed by atoms with Crippen LogP contribution < -0.4 is 0 Å². The number of benzene rings is 1. The Labute approximate surface area is 124 Å². The fourth-order valence-electron chi connectivity index (χ4n) is 1.78. The van der Waals surface area contributed by atoms with Crippen LogP contribution in [0.25, 0.3) is 16.8 Å². The van der Waals surface area contributed by atoms with Gasteiger partial charge in [0, 0.05) is 11.6 Å². The molecular formula is C14H11ClFNO2S. The summed E-state index contributed by atoms with van der Waals surface area (Å²) in [5.74, 6) is -1.52. The molecule has 6 heteroatoms. The molecule has 0 amide bonds. The zero-order valence-electron chi connectivity index (χ0n) is 10.8. The van der Waals surface area contributed by atoms with Gasteiger partial charge in [-0.15, -0.1) is 11.3 Å². The molecule has 3 nitrogen and oxygen atoms in total. The van der Waals surface area contributed by atoms with Crippen molar-refractivity contribution < 1.29 is 14.3 Å². The van der Waals surface area contributed by atoms with Crippen LogP contribution in [0.2, 0.25) is 5.02 Å². The third-order valence-electron chi connectivity index (χ3n) is 2.63. The van der Waals surface area contributed by atoms with Crippen LogP contribution in [0.3, 0.4) is 0 Å². The number of aryl methyl sites for hydroxylation is 1. The van der Waals surface area contributed by atoms with E-state index < -0.39 is 11.8 Å². The Morgan fingerprint density at radius 1 is 1.50 bits per heavy atom. The van der Waals surface area contributed by atoms with E-state index in [0.717, 1.165) is 16.0 Å². The number of hydrogen-bond acceptors (Lipinski definition) is 3. The van der Waals surface area contributed by atoms with Gasteiger partial charge in [0.05, 0.1) is 20.6 Å². The average molecular weight is 312 g/mol. The predicted molar refractivity (Wildman–Crippen MR) is 78.5 cm³/mol. The molecule has 0 unspecified atom stereocenters. The summed E-state index contributed by atoms with van der Waals surface area (Å²) < 4.78 is 13.2. The van der Waals surface area contributed by atoms with Crippen LogP contribution in [0.5, 0.6) is 0 Å². The highest BCUT2D eigenvalue weighted by atomic mass is 35.5. The van der Waals surface area contributed by atoms with Crippen molar-refractivity contribution in [2.24, 2.45) is 0 Å². The average Bonchev–Trinajstić information content (AvgIpc) is 2.74. The first kappa shape index (κ1) is 14.7. The smallest absolute Gasteiger partial charge is 0.328 e. The van der Waals surface area contributed by atoms with Gasteiger partial charge in [0.15, 0.2) is 0 Å². The van der Waals surface area contributed by atoms with Crippen LogP contribution in [0.15, 0.2) is 24.3 Å². The summed E-state index contributed by atoms with van der Waals surface area (Å²) in [6.45, 7) is 3.53. The van der Waals surface area contributed by atoms with E-state index in [9.17, 15) is 9.18 Å². The van der Waals surface area contributed by atoms with Crippen molar-refractivity contribution in [1.29, 1.82) is 0 Å². The van der Waals surface area contributed by atoms with Gasteiger partial charge < -0.3 is 5.11 Å². The number of carbonyl (C=O) groups is 1. The number of allylic oxidation sites excluding steroid dienone is 1. The molecule has 1 aromatic heterocycles. The first-order valence-electron chi connectivity index (χ1n) is 5.73. The van der Waals surface area contributed by atoms with E-state index in [4.69, 9.17) is 16.7 Å². The number of thiazole rings is 1. The minimum atomic E-state index is -1.02. The number of aromatic nitrogens is 1. The topological polar surface area (TPSA) is 50.2 Å². The van der Waals surface area contributed by atoms with Crippen LogP contribution in [-0.2, 0) is 4.79 Å². The van der Waals surface area contributed by atoms with E-state index >= 15 is 0 Å². The van der Waals surface area contributed by atoms with Gasteiger partial charge in [-0.1, -0.05) is 11.6 Å². The first-order chi connectivity index (χ1) is 9.38. The molecule has 0 radical (unpaired) electrons. The van der Waals surface area contributed by atoms with Crippen molar-refractivity contribution >= 4 is 34.5 Å². The van der Waals surface area contributed by atoms with E-state index in [1.807, 2.05) is 6.92 Å². The monoisotopic (exact) mass is 311 g/mol. The zero-order valence-corrected chi connectivity index (χ0v) is 12.3. The Hall–Kier alpha value is -1.72. The van der Waals surface area contributed by atoms with Crippen molar-refractivity contribution in [2.45, 2.75) is 13.8 Å². The molecule has 0 spiro atoms. The summed E-state index contributed by atoms with van der Waals surface area (Å²) in [5, 5.41) is 9.64. The summed E-state index contributed by atoms with van der Waals surface area (Å²) >= 11 is 7.17. The second-order valence-corrected chi connectivity index (χ2v) is 5.82. The van der Waals surface area contributed by atoms with Crippen LogP contribution in [0, 0.1) is 12.7 Å². The Balaban J connectivity index is 2.57. The summed E-state index contributed by atoms with van der Waals surface area (Å²) in [5.41, 5.74) is 1.87. The minimum Gasteiger partial charge on any atom is -0.478 e. The van der Waals surface area contributed by atoms with E-state index in [1.165, 1.54) is 23.5 Å². The number of hydrogen-bond donors (Lipinski definition) is 1. The highest BCUT2D eigenvalue weighted by Gasteiger charge is 2.14. The maximum absolute atomic E-state index is 13.2. The van der Waals surface area contributed by atoms with Crippen molar-refractivity contribution in [3.8, 4) is 11.3 Å². The van der Waals surface area contributed by atoms with Gasteiger partial charge in [-0.3, -0.25) is 0 Å². The van der Waals surface area contributed by atoms with Gasteiger partial charge in [-0.25, -0.2) is 14.2 Å². The molecular weight excluding hydrogens is 301 g/mol. The van der Waals surface area contributed by atoms with Crippen LogP contribution >= 0.6 is 22.9 Å². The van der Waals surface area contributed by atoms with E-state index in [2.05, 4.69) is 4.98 Å². The van der Waals surface area contributed by atoms with Gasteiger partial charge in [0.1, 0.15) is 5.82 Å². The Bertz CT molecular complexity index is 709. The molecule has 0 aliphatic heterocycles. The van der Waals surface area contributed by atoms with Gasteiger partial charge in [0.25, 0.3) is 0 Å². The fraction of sp³-hybridized carbons (Fsp3) is 0.143. The second-order valence-electron chi connectivity index (χ2n) is 4.21. The lowest BCUT2D eigenvalue weighted by Crippen LogP contribution is -1.91. The largest absolute Gasteiger partial charge is 0.478 e. The summed E-state index contributed by atoms with van der Waals surface area (Å²) in [6.07, 6.45) is 1.13. The van der Waals surface area contributed by atoms with Gasteiger partial charge in [-0.05, 0) is 37.6 Å². The van der Waals surface area contributed by atoms with Crippen molar-refractivity contribution in [3.63, 3.8) is 0 Å². The highest BCUT2D eigenvalue weighted by molar-refractivity contribution is 7.13. The number of nitrogens with zero attached hydrogens (tertiary/aromatic N) is 1. The Morgan fingerprint density at radius 3 is 2.80 bits per heavy atom. The summed E-state index contributed by atoms with van der Waals surface area (Å²) in [6, 6.07) is 4.34. The lowest BCUT2D eigenvalue weighted by atomic mass is 10.1. The maximum Gasteiger partial charge on any atom is 0.328 e. The van der Waals surface area contributed by atoms with Crippen molar-refractivity contribution in [2.75, 3.05) is 0 Å². The maximum atomic E-state index is 13.2. The normalized spacial score (nSPS) is 11.7. The zero-order chi connectivity index (χ0) is 14.9. The Kier molecular flexibility index (Phi) is 4.20. The summed E-state index contributed by atoms with van der Waals surface area (Å²) in [7, 11) is 0. The van der Waals surface area contributed by atoms with E-state index in [-0.39, 0.29) is 5.02 Å². The van der Waals surface area contributed by atoms with Crippen LogP contribution in [0.4, 0.5) is 4.39 Å². The molecule has 0 atom stereocenters. The van der Waals surface area contributed by atoms with Crippen molar-refractivity contribution in [1.82, 2.24) is 4.98 Å². The van der Waals surface area contributed by atoms with Gasteiger partial charge >= 0.3 is 5.97 Å². The molecule has 1 aromatic carbocycles. The molecule has 0 aliphatic rings. The number of rotatable bonds is 3. The van der Waals surface area contributed by atoms with Gasteiger partial charge in [-0.2, -0.15) is 0 Å². The molecule has 2 rings (SSSR count). The summed E-state index contributed by atoms with van der Waals surface area (Å²) in [4.78, 5) is 15.9. The predicted octanol–water partition coefficient (Wildman–Crippen LogP) is 4.40. The molecule has 1 heterocycles. The molecule has 2 aromatic rings. The number of carboxylic acid groups (broad SMARTS) is 1.